The molecule has 1 saturated carbocycles. The normalized spacial score (nSPS) is 28.1. The number of hydrogen-bond acceptors (Lipinski definition) is 10. The maximum Gasteiger partial charge on any atom is 0.229 e. The van der Waals surface area contributed by atoms with Crippen molar-refractivity contribution in [2.24, 2.45) is 0 Å². The van der Waals surface area contributed by atoms with Gasteiger partial charge in [-0.15, -0.1) is 0 Å². The summed E-state index contributed by atoms with van der Waals surface area (Å²) in [5, 5.41) is 50.8. The van der Waals surface area contributed by atoms with Gasteiger partial charge >= 0.3 is 0 Å². The van der Waals surface area contributed by atoms with Crippen LogP contribution >= 0.6 is 0 Å². The van der Waals surface area contributed by atoms with E-state index in [4.69, 9.17) is 14.2 Å². The number of hydrogen-bond donors (Lipinski definition) is 5. The van der Waals surface area contributed by atoms with Crippen LogP contribution < -0.4 is 9.47 Å². The van der Waals surface area contributed by atoms with Crippen molar-refractivity contribution in [3.8, 4) is 17.2 Å². The Labute approximate surface area is 206 Å². The third-order valence-electron chi connectivity index (χ3n) is 7.31. The molecule has 0 amide bonds. The number of methoxy groups -OCH3 is 1. The van der Waals surface area contributed by atoms with Crippen LogP contribution in [0.15, 0.2) is 24.3 Å². The van der Waals surface area contributed by atoms with Crippen LogP contribution in [-0.4, -0.2) is 81.5 Å². The number of carbonyl (C=O) groups excluding carboxylic acids is 2. The zero-order valence-electron chi connectivity index (χ0n) is 19.6. The Morgan fingerprint density at radius 1 is 0.917 bits per heavy atom. The number of aliphatic hydroxyl groups excluding tert-OH is 4. The molecule has 0 radical (unpaired) electrons. The maximum atomic E-state index is 13.6. The van der Waals surface area contributed by atoms with Crippen molar-refractivity contribution in [2.75, 3.05) is 13.7 Å². The van der Waals surface area contributed by atoms with E-state index in [1.165, 1.54) is 25.3 Å². The highest BCUT2D eigenvalue weighted by Crippen LogP contribution is 2.43. The van der Waals surface area contributed by atoms with Crippen LogP contribution in [-0.2, 0) is 4.74 Å². The fraction of sp³-hybridized carbons (Fsp3) is 0.462. The maximum absolute atomic E-state index is 13.6. The fourth-order valence-electron chi connectivity index (χ4n) is 5.34. The molecule has 0 bridgehead atoms. The van der Waals surface area contributed by atoms with Gasteiger partial charge in [-0.3, -0.25) is 9.59 Å². The van der Waals surface area contributed by atoms with Crippen molar-refractivity contribution < 1.29 is 49.3 Å². The molecule has 2 aromatic carbocycles. The molecule has 10 heteroatoms. The monoisotopic (exact) mass is 500 g/mol. The number of benzene rings is 2. The van der Waals surface area contributed by atoms with Gasteiger partial charge in [-0.25, -0.2) is 0 Å². The van der Waals surface area contributed by atoms with E-state index in [0.717, 1.165) is 31.2 Å². The van der Waals surface area contributed by atoms with Gasteiger partial charge in [-0.2, -0.15) is 0 Å². The topological polar surface area (TPSA) is 163 Å². The first-order valence-electron chi connectivity index (χ1n) is 11.9. The summed E-state index contributed by atoms with van der Waals surface area (Å²) in [6.45, 7) is -0.664. The molecule has 0 spiro atoms. The molecule has 1 heterocycles. The number of rotatable bonds is 5. The van der Waals surface area contributed by atoms with Gasteiger partial charge in [0.15, 0.2) is 5.78 Å². The lowest BCUT2D eigenvalue weighted by atomic mass is 9.80. The van der Waals surface area contributed by atoms with E-state index < -0.39 is 48.9 Å². The van der Waals surface area contributed by atoms with Crippen LogP contribution in [0.1, 0.15) is 69.0 Å². The Kier molecular flexibility index (Phi) is 6.48. The summed E-state index contributed by atoms with van der Waals surface area (Å²) < 4.78 is 16.4. The van der Waals surface area contributed by atoms with Gasteiger partial charge in [0.25, 0.3) is 0 Å². The first-order valence-corrected chi connectivity index (χ1v) is 11.9. The van der Waals surface area contributed by atoms with E-state index in [1.54, 1.807) is 6.07 Å². The second kappa shape index (κ2) is 9.45. The molecule has 5 rings (SSSR count). The van der Waals surface area contributed by atoms with Gasteiger partial charge in [0.05, 0.1) is 24.8 Å². The van der Waals surface area contributed by atoms with Crippen molar-refractivity contribution in [3.63, 3.8) is 0 Å². The quantitative estimate of drug-likeness (QED) is 0.342. The summed E-state index contributed by atoms with van der Waals surface area (Å²) in [4.78, 5) is 27.2. The van der Waals surface area contributed by atoms with Gasteiger partial charge < -0.3 is 39.7 Å². The first-order chi connectivity index (χ1) is 17.2. The molecule has 3 aliphatic rings. The zero-order chi connectivity index (χ0) is 25.7. The average Bonchev–Trinajstić information content (AvgIpc) is 3.42. The van der Waals surface area contributed by atoms with Crippen molar-refractivity contribution in [2.45, 2.75) is 62.3 Å². The van der Waals surface area contributed by atoms with Crippen LogP contribution in [0.4, 0.5) is 0 Å². The molecule has 192 valence electrons. The van der Waals surface area contributed by atoms with E-state index in [9.17, 15) is 35.1 Å². The molecule has 1 aliphatic heterocycles. The second-order valence-corrected chi connectivity index (χ2v) is 9.47. The minimum absolute atomic E-state index is 0.00517. The zero-order valence-corrected chi connectivity index (χ0v) is 19.6. The standard InChI is InChI=1S/C26H28O10/c1-34-13-8-15-20(17(9-13)35-26-25(33)24(32)22(30)18(10-27)36-26)23(31)19-14(21(15)29)6-12(7-16(19)28)11-4-2-3-5-11/h6-9,11,18,22,24-28,30,32-33H,2-5,10H2,1H3/t18-,22-,24+,25-,26-/m1/s1. The number of phenolic OH excluding ortho intramolecular Hbond substituents is 1. The Morgan fingerprint density at radius 2 is 1.61 bits per heavy atom. The minimum Gasteiger partial charge on any atom is -0.507 e. The number of aromatic hydroxyl groups is 1. The van der Waals surface area contributed by atoms with Crippen molar-refractivity contribution in [1.29, 1.82) is 0 Å². The van der Waals surface area contributed by atoms with Gasteiger partial charge in [0.2, 0.25) is 12.1 Å². The number of carbonyl (C=O) groups is 2. The summed E-state index contributed by atoms with van der Waals surface area (Å²) in [6.07, 6.45) is -3.81. The van der Waals surface area contributed by atoms with Crippen molar-refractivity contribution in [3.05, 3.63) is 52.1 Å². The lowest BCUT2D eigenvalue weighted by Crippen LogP contribution is -2.60. The van der Waals surface area contributed by atoms with Crippen LogP contribution in [0, 0.1) is 0 Å². The van der Waals surface area contributed by atoms with E-state index in [-0.39, 0.29) is 45.4 Å². The SMILES string of the molecule is COc1cc(O[C@@H]2O[C@H](CO)[C@@H](O)[C@H](O)[C@H]2O)c2c(c1)C(=O)c1cc(C3CCCC3)cc(O)c1C2=O. The molecular formula is C26H28O10. The molecule has 0 aromatic heterocycles. The summed E-state index contributed by atoms with van der Waals surface area (Å²) in [6, 6.07) is 5.93. The van der Waals surface area contributed by atoms with E-state index in [2.05, 4.69) is 0 Å². The average molecular weight is 501 g/mol. The molecule has 1 saturated heterocycles. The van der Waals surface area contributed by atoms with Crippen molar-refractivity contribution >= 4 is 11.6 Å². The van der Waals surface area contributed by atoms with E-state index in [1.807, 2.05) is 0 Å². The third-order valence-corrected chi connectivity index (χ3v) is 7.31. The summed E-state index contributed by atoms with van der Waals surface area (Å²) in [5.74, 6) is -1.23. The summed E-state index contributed by atoms with van der Waals surface area (Å²) >= 11 is 0. The molecule has 5 atom stereocenters. The fourth-order valence-corrected chi connectivity index (χ4v) is 5.34. The van der Waals surface area contributed by atoms with Crippen LogP contribution in [0.5, 0.6) is 17.2 Å². The Hall–Kier alpha value is -3.02. The highest BCUT2D eigenvalue weighted by Gasteiger charge is 2.46. The summed E-state index contributed by atoms with van der Waals surface area (Å²) in [7, 11) is 1.37. The number of aliphatic hydroxyl groups is 4. The molecule has 36 heavy (non-hydrogen) atoms. The van der Waals surface area contributed by atoms with Gasteiger partial charge in [0.1, 0.15) is 41.7 Å². The molecule has 2 fully saturated rings. The van der Waals surface area contributed by atoms with Gasteiger partial charge in [-0.1, -0.05) is 12.8 Å². The largest absolute Gasteiger partial charge is 0.507 e. The van der Waals surface area contributed by atoms with Gasteiger partial charge in [-0.05, 0) is 42.5 Å². The third kappa shape index (κ3) is 3.95. The number of phenols is 1. The first kappa shape index (κ1) is 24.7. The smallest absolute Gasteiger partial charge is 0.229 e. The van der Waals surface area contributed by atoms with Crippen LogP contribution in [0.3, 0.4) is 0 Å². The second-order valence-electron chi connectivity index (χ2n) is 9.47. The number of ether oxygens (including phenoxy) is 3. The minimum atomic E-state index is -1.73. The highest BCUT2D eigenvalue weighted by molar-refractivity contribution is 6.30. The number of ketones is 2. The molecular weight excluding hydrogens is 472 g/mol. The Morgan fingerprint density at radius 3 is 2.28 bits per heavy atom. The summed E-state index contributed by atoms with van der Waals surface area (Å²) in [5.41, 5.74) is 0.608. The number of fused-ring (bicyclic) bond motifs is 2. The van der Waals surface area contributed by atoms with Crippen molar-refractivity contribution in [1.82, 2.24) is 0 Å². The van der Waals surface area contributed by atoms with Gasteiger partial charge in [0, 0.05) is 17.2 Å². The Balaban J connectivity index is 1.57. The molecule has 2 aliphatic carbocycles. The lowest BCUT2D eigenvalue weighted by molar-refractivity contribution is -0.277. The van der Waals surface area contributed by atoms with Crippen LogP contribution in [0.2, 0.25) is 0 Å². The van der Waals surface area contributed by atoms with E-state index >= 15 is 0 Å². The molecule has 5 N–H and O–H groups in total. The van der Waals surface area contributed by atoms with Crippen LogP contribution in [0.25, 0.3) is 0 Å². The van der Waals surface area contributed by atoms with E-state index in [0.29, 0.717) is 0 Å². The predicted octanol–water partition coefficient (Wildman–Crippen LogP) is 1.01. The molecule has 10 nitrogen and oxygen atoms in total. The highest BCUT2D eigenvalue weighted by atomic mass is 16.7. The molecule has 2 aromatic rings. The Bertz CT molecular complexity index is 1200. The lowest BCUT2D eigenvalue weighted by Gasteiger charge is -2.39. The molecule has 0 unspecified atom stereocenters. The predicted molar refractivity (Wildman–Crippen MR) is 124 cm³/mol.